The van der Waals surface area contributed by atoms with E-state index in [0.717, 1.165) is 0 Å². The summed E-state index contributed by atoms with van der Waals surface area (Å²) in [4.78, 5) is 22.6. The normalized spacial score (nSPS) is 11.9. The van der Waals surface area contributed by atoms with Crippen LogP contribution in [0, 0.1) is 5.92 Å². The Morgan fingerprint density at radius 2 is 1.96 bits per heavy atom. The zero-order valence-electron chi connectivity index (χ0n) is 14.5. The highest BCUT2D eigenvalue weighted by Crippen LogP contribution is 2.22. The van der Waals surface area contributed by atoms with Crippen LogP contribution in [0.2, 0.25) is 5.15 Å². The van der Waals surface area contributed by atoms with E-state index < -0.39 is 0 Å². The molecule has 0 fully saturated rings. The van der Waals surface area contributed by atoms with Crippen molar-refractivity contribution in [2.45, 2.75) is 32.0 Å². The molecule has 132 valence electrons. The summed E-state index contributed by atoms with van der Waals surface area (Å²) in [6.45, 7) is 14.9. The number of amides is 1. The van der Waals surface area contributed by atoms with Gasteiger partial charge >= 0.3 is 0 Å². The number of nitrogens with zero attached hydrogens (tertiary/aromatic N) is 3. The lowest BCUT2D eigenvalue weighted by atomic mass is 10.1. The summed E-state index contributed by atoms with van der Waals surface area (Å²) in [5.74, 6) is 1.28. The summed E-state index contributed by atoms with van der Waals surface area (Å²) >= 11 is 7.36. The number of rotatable bonds is 10. The zero-order valence-corrected chi connectivity index (χ0v) is 16.0. The molecule has 24 heavy (non-hydrogen) atoms. The number of anilines is 1. The second-order valence-corrected chi connectivity index (χ2v) is 7.03. The zero-order chi connectivity index (χ0) is 18.1. The van der Waals surface area contributed by atoms with Crippen LogP contribution in [0.15, 0.2) is 36.5 Å². The van der Waals surface area contributed by atoms with Crippen LogP contribution in [0.3, 0.4) is 0 Å². The van der Waals surface area contributed by atoms with Gasteiger partial charge in [0, 0.05) is 25.2 Å². The van der Waals surface area contributed by atoms with Crippen molar-refractivity contribution in [3.05, 3.63) is 36.5 Å². The molecule has 5 nitrogen and oxygen atoms in total. The lowest BCUT2D eigenvalue weighted by molar-refractivity contribution is -0.119. The largest absolute Gasteiger partial charge is 0.353 e. The number of thioether (sulfide) groups is 1. The first-order valence-corrected chi connectivity index (χ1v) is 9.17. The molecule has 0 aliphatic rings. The molecule has 0 bridgehead atoms. The van der Waals surface area contributed by atoms with Gasteiger partial charge in [-0.05, 0) is 12.8 Å². The quantitative estimate of drug-likeness (QED) is 0.296. The Labute approximate surface area is 153 Å². The minimum absolute atomic E-state index is 0.0413. The van der Waals surface area contributed by atoms with E-state index >= 15 is 0 Å². The Hall–Kier alpha value is -1.53. The molecule has 1 atom stereocenters. The molecule has 1 amide bonds. The van der Waals surface area contributed by atoms with Crippen LogP contribution in [0.25, 0.3) is 0 Å². The fraction of sp³-hybridized carbons (Fsp3) is 0.471. The van der Waals surface area contributed by atoms with Gasteiger partial charge in [0.15, 0.2) is 5.16 Å². The Morgan fingerprint density at radius 1 is 1.33 bits per heavy atom. The molecule has 1 N–H and O–H groups in total. The molecule has 7 heteroatoms. The lowest BCUT2D eigenvalue weighted by Crippen LogP contribution is -2.37. The summed E-state index contributed by atoms with van der Waals surface area (Å²) in [6, 6.07) is 1.82. The molecule has 1 aromatic rings. The van der Waals surface area contributed by atoms with Crippen LogP contribution in [0.4, 0.5) is 5.82 Å². The molecular weight excluding hydrogens is 344 g/mol. The van der Waals surface area contributed by atoms with Gasteiger partial charge in [-0.15, -0.1) is 13.2 Å². The van der Waals surface area contributed by atoms with Crippen molar-refractivity contribution in [3.63, 3.8) is 0 Å². The van der Waals surface area contributed by atoms with Gasteiger partial charge in [0.05, 0.1) is 5.75 Å². The van der Waals surface area contributed by atoms with Gasteiger partial charge in [-0.3, -0.25) is 4.79 Å². The molecular formula is C17H25ClN4OS. The average Bonchev–Trinajstić information content (AvgIpc) is 2.52. The van der Waals surface area contributed by atoms with E-state index in [2.05, 4.69) is 42.3 Å². The maximum atomic E-state index is 12.0. The van der Waals surface area contributed by atoms with Gasteiger partial charge in [-0.25, -0.2) is 9.97 Å². The number of nitrogens with one attached hydrogen (secondary N) is 1. The molecule has 0 aliphatic heterocycles. The van der Waals surface area contributed by atoms with Crippen molar-refractivity contribution in [2.24, 2.45) is 5.92 Å². The maximum Gasteiger partial charge on any atom is 0.230 e. The minimum Gasteiger partial charge on any atom is -0.353 e. The average molecular weight is 369 g/mol. The maximum absolute atomic E-state index is 12.0. The smallest absolute Gasteiger partial charge is 0.230 e. The topological polar surface area (TPSA) is 58.1 Å². The van der Waals surface area contributed by atoms with Crippen LogP contribution in [-0.4, -0.2) is 40.8 Å². The molecule has 0 saturated heterocycles. The van der Waals surface area contributed by atoms with Gasteiger partial charge < -0.3 is 10.2 Å². The highest BCUT2D eigenvalue weighted by Gasteiger charge is 2.13. The highest BCUT2D eigenvalue weighted by atomic mass is 35.5. The Morgan fingerprint density at radius 3 is 2.50 bits per heavy atom. The first kappa shape index (κ1) is 20.5. The summed E-state index contributed by atoms with van der Waals surface area (Å²) in [5, 5.41) is 3.78. The summed E-state index contributed by atoms with van der Waals surface area (Å²) < 4.78 is 0. The predicted molar refractivity (Wildman–Crippen MR) is 103 cm³/mol. The third kappa shape index (κ3) is 6.93. The molecule has 1 heterocycles. The van der Waals surface area contributed by atoms with Crippen LogP contribution < -0.4 is 10.2 Å². The monoisotopic (exact) mass is 368 g/mol. The van der Waals surface area contributed by atoms with E-state index in [1.807, 2.05) is 11.8 Å². The first-order valence-electron chi connectivity index (χ1n) is 7.80. The lowest BCUT2D eigenvalue weighted by Gasteiger charge is -2.21. The van der Waals surface area contributed by atoms with E-state index in [-0.39, 0.29) is 17.7 Å². The Bertz CT molecular complexity index is 570. The van der Waals surface area contributed by atoms with Crippen molar-refractivity contribution in [3.8, 4) is 0 Å². The van der Waals surface area contributed by atoms with E-state index in [1.54, 1.807) is 18.2 Å². The number of hydrogen-bond donors (Lipinski definition) is 1. The minimum atomic E-state index is -0.0413. The van der Waals surface area contributed by atoms with Gasteiger partial charge in [0.2, 0.25) is 5.91 Å². The standard InChI is InChI=1S/C17H25ClN4OS/c1-6-8-22(9-7-2)15-10-14(18)20-17(21-15)24-11-16(23)19-13(5)12(3)4/h6-7,10,12-13H,1-2,8-9,11H2,3-5H3,(H,19,23). The molecule has 1 rings (SSSR count). The van der Waals surface area contributed by atoms with E-state index in [4.69, 9.17) is 11.6 Å². The van der Waals surface area contributed by atoms with Crippen LogP contribution >= 0.6 is 23.4 Å². The Kier molecular flexibility index (Phi) is 8.85. The molecule has 0 radical (unpaired) electrons. The van der Waals surface area contributed by atoms with E-state index in [1.165, 1.54) is 11.8 Å². The van der Waals surface area contributed by atoms with Gasteiger partial charge in [-0.2, -0.15) is 0 Å². The van der Waals surface area contributed by atoms with Crippen LogP contribution in [0.5, 0.6) is 0 Å². The molecule has 0 saturated carbocycles. The van der Waals surface area contributed by atoms with Crippen LogP contribution in [-0.2, 0) is 4.79 Å². The predicted octanol–water partition coefficient (Wildman–Crippen LogP) is 3.56. The van der Waals surface area contributed by atoms with Crippen molar-refractivity contribution < 1.29 is 4.79 Å². The fourth-order valence-corrected chi connectivity index (χ4v) is 2.67. The number of halogens is 1. The second kappa shape index (κ2) is 10.4. The molecule has 1 unspecified atom stereocenters. The molecule has 1 aromatic heterocycles. The molecule has 0 aromatic carbocycles. The number of carbonyl (C=O) groups excluding carboxylic acids is 1. The second-order valence-electron chi connectivity index (χ2n) is 5.70. The van der Waals surface area contributed by atoms with Gasteiger partial charge in [0.25, 0.3) is 0 Å². The van der Waals surface area contributed by atoms with Gasteiger partial charge in [0.1, 0.15) is 11.0 Å². The van der Waals surface area contributed by atoms with Gasteiger partial charge in [-0.1, -0.05) is 49.4 Å². The van der Waals surface area contributed by atoms with Crippen LogP contribution in [0.1, 0.15) is 20.8 Å². The Balaban J connectivity index is 2.76. The third-order valence-corrected chi connectivity index (χ3v) is 4.45. The van der Waals surface area contributed by atoms with Crippen molar-refractivity contribution in [2.75, 3.05) is 23.7 Å². The van der Waals surface area contributed by atoms with E-state index in [0.29, 0.717) is 35.1 Å². The third-order valence-electron chi connectivity index (χ3n) is 3.40. The molecule has 0 aliphatic carbocycles. The van der Waals surface area contributed by atoms with Crippen molar-refractivity contribution in [1.29, 1.82) is 0 Å². The summed E-state index contributed by atoms with van der Waals surface area (Å²) in [6.07, 6.45) is 3.57. The fourth-order valence-electron chi connectivity index (χ4n) is 1.78. The summed E-state index contributed by atoms with van der Waals surface area (Å²) in [5.41, 5.74) is 0. The molecule has 0 spiro atoms. The SMILES string of the molecule is C=CCN(CC=C)c1cc(Cl)nc(SCC(=O)NC(C)C(C)C)n1. The van der Waals surface area contributed by atoms with Crippen molar-refractivity contribution >= 4 is 35.1 Å². The number of carbonyl (C=O) groups is 1. The van der Waals surface area contributed by atoms with Crippen molar-refractivity contribution in [1.82, 2.24) is 15.3 Å². The number of aromatic nitrogens is 2. The summed E-state index contributed by atoms with van der Waals surface area (Å²) in [7, 11) is 0. The van der Waals surface area contributed by atoms with E-state index in [9.17, 15) is 4.79 Å². The first-order chi connectivity index (χ1) is 11.4. The highest BCUT2D eigenvalue weighted by molar-refractivity contribution is 7.99. The number of hydrogen-bond acceptors (Lipinski definition) is 5.